The molecule has 0 aliphatic rings. The molecule has 5 heteroatoms. The smallest absolute Gasteiger partial charge is 0.240 e. The lowest BCUT2D eigenvalue weighted by Crippen LogP contribution is -2.23. The van der Waals surface area contributed by atoms with Crippen LogP contribution in [0.3, 0.4) is 0 Å². The first-order valence-electron chi connectivity index (χ1n) is 6.10. The summed E-state index contributed by atoms with van der Waals surface area (Å²) in [5, 5.41) is 0. The average molecular weight is 278 g/mol. The third-order valence-corrected chi connectivity index (χ3v) is 4.46. The number of rotatable bonds is 4. The summed E-state index contributed by atoms with van der Waals surface area (Å²) in [5.41, 5.74) is 4.02. The molecule has 102 valence electrons. The van der Waals surface area contributed by atoms with E-state index in [-0.39, 0.29) is 0 Å². The van der Waals surface area contributed by atoms with E-state index in [9.17, 15) is 8.42 Å². The second kappa shape index (κ2) is 5.19. The molecule has 2 aromatic rings. The first kappa shape index (κ1) is 13.8. The van der Waals surface area contributed by atoms with Crippen LogP contribution in [0.4, 0.5) is 0 Å². The maximum Gasteiger partial charge on any atom is 0.240 e. The Balaban J connectivity index is 2.14. The number of nitrogens with one attached hydrogen (secondary N) is 2. The number of hydrogen-bond donors (Lipinski definition) is 2. The molecule has 2 rings (SSSR count). The number of H-pyrrole nitrogens is 1. The van der Waals surface area contributed by atoms with Crippen molar-refractivity contribution in [2.24, 2.45) is 0 Å². The monoisotopic (exact) mass is 278 g/mol. The molecule has 0 fully saturated rings. The van der Waals surface area contributed by atoms with Gasteiger partial charge in [0.15, 0.2) is 0 Å². The van der Waals surface area contributed by atoms with Crippen molar-refractivity contribution in [2.45, 2.75) is 32.2 Å². The quantitative estimate of drug-likeness (QED) is 0.902. The molecule has 19 heavy (non-hydrogen) atoms. The highest BCUT2D eigenvalue weighted by Gasteiger charge is 2.14. The van der Waals surface area contributed by atoms with Gasteiger partial charge in [-0.1, -0.05) is 17.7 Å². The van der Waals surface area contributed by atoms with Crippen LogP contribution in [0.1, 0.15) is 22.5 Å². The highest BCUT2D eigenvalue weighted by molar-refractivity contribution is 7.89. The van der Waals surface area contributed by atoms with Crippen LogP contribution < -0.4 is 4.72 Å². The van der Waals surface area contributed by atoms with Crippen LogP contribution in [-0.4, -0.2) is 13.4 Å². The van der Waals surface area contributed by atoms with Crippen molar-refractivity contribution in [1.82, 2.24) is 9.71 Å². The third-order valence-electron chi connectivity index (χ3n) is 3.04. The van der Waals surface area contributed by atoms with Gasteiger partial charge in [0.2, 0.25) is 10.0 Å². The maximum atomic E-state index is 12.1. The molecule has 4 nitrogen and oxygen atoms in total. The summed E-state index contributed by atoms with van der Waals surface area (Å²) in [4.78, 5) is 3.45. The van der Waals surface area contributed by atoms with E-state index in [1.165, 1.54) is 0 Å². The number of sulfonamides is 1. The molecule has 0 saturated heterocycles. The Morgan fingerprint density at radius 2 is 1.74 bits per heavy atom. The Morgan fingerprint density at radius 1 is 1.11 bits per heavy atom. The number of hydrogen-bond acceptors (Lipinski definition) is 2. The van der Waals surface area contributed by atoms with Crippen molar-refractivity contribution in [2.75, 3.05) is 0 Å². The topological polar surface area (TPSA) is 62.0 Å². The second-order valence-electron chi connectivity index (χ2n) is 4.74. The van der Waals surface area contributed by atoms with E-state index in [0.717, 1.165) is 22.5 Å². The zero-order valence-corrected chi connectivity index (χ0v) is 12.1. The number of aromatic amines is 1. The summed E-state index contributed by atoms with van der Waals surface area (Å²) in [6, 6.07) is 8.77. The lowest BCUT2D eigenvalue weighted by Gasteiger charge is -2.06. The molecule has 0 radical (unpaired) electrons. The van der Waals surface area contributed by atoms with Gasteiger partial charge in [-0.05, 0) is 44.5 Å². The molecule has 2 N–H and O–H groups in total. The number of benzene rings is 1. The minimum atomic E-state index is -3.45. The molecule has 0 atom stereocenters. The van der Waals surface area contributed by atoms with Gasteiger partial charge in [-0.25, -0.2) is 13.1 Å². The summed E-state index contributed by atoms with van der Waals surface area (Å²) in [7, 11) is -3.45. The van der Waals surface area contributed by atoms with Crippen molar-refractivity contribution < 1.29 is 8.42 Å². The van der Waals surface area contributed by atoms with E-state index in [1.54, 1.807) is 24.3 Å². The van der Waals surface area contributed by atoms with Gasteiger partial charge < -0.3 is 4.98 Å². The van der Waals surface area contributed by atoms with E-state index in [4.69, 9.17) is 0 Å². The minimum absolute atomic E-state index is 0.294. The second-order valence-corrected chi connectivity index (χ2v) is 6.51. The Kier molecular flexibility index (Phi) is 3.78. The Labute approximate surface area is 113 Å². The average Bonchev–Trinajstić information content (AvgIpc) is 2.66. The molecule has 1 heterocycles. The van der Waals surface area contributed by atoms with E-state index >= 15 is 0 Å². The summed E-state index contributed by atoms with van der Waals surface area (Å²) in [6.45, 7) is 6.11. The summed E-state index contributed by atoms with van der Waals surface area (Å²) in [5.74, 6) is 0. The first-order chi connectivity index (χ1) is 8.88. The van der Waals surface area contributed by atoms with Crippen molar-refractivity contribution in [3.05, 3.63) is 52.8 Å². The van der Waals surface area contributed by atoms with Crippen molar-refractivity contribution in [3.8, 4) is 0 Å². The fourth-order valence-corrected chi connectivity index (χ4v) is 2.95. The van der Waals surface area contributed by atoms with Crippen LogP contribution in [0.25, 0.3) is 0 Å². The van der Waals surface area contributed by atoms with Gasteiger partial charge in [0.05, 0.1) is 4.90 Å². The van der Waals surface area contributed by atoms with Gasteiger partial charge >= 0.3 is 0 Å². The van der Waals surface area contributed by atoms with Crippen molar-refractivity contribution in [3.63, 3.8) is 0 Å². The standard InChI is InChI=1S/C14H18N2O2S/c1-10-4-6-14(7-5-10)19(17,18)15-9-13-8-11(2)16-12(13)3/h4-8,15-16H,9H2,1-3H3. The molecule has 0 unspecified atom stereocenters. The van der Waals surface area contributed by atoms with Crippen LogP contribution in [-0.2, 0) is 16.6 Å². The van der Waals surface area contributed by atoms with E-state index < -0.39 is 10.0 Å². The highest BCUT2D eigenvalue weighted by Crippen LogP contribution is 2.13. The normalized spacial score (nSPS) is 11.7. The molecule has 1 aromatic heterocycles. The fraction of sp³-hybridized carbons (Fsp3) is 0.286. The fourth-order valence-electron chi connectivity index (χ4n) is 1.94. The molecule has 0 aliphatic heterocycles. The van der Waals surface area contributed by atoms with Crippen LogP contribution >= 0.6 is 0 Å². The Hall–Kier alpha value is -1.59. The van der Waals surface area contributed by atoms with Gasteiger partial charge in [0.25, 0.3) is 0 Å². The molecule has 0 spiro atoms. The van der Waals surface area contributed by atoms with Crippen molar-refractivity contribution >= 4 is 10.0 Å². The molecule has 1 aromatic carbocycles. The van der Waals surface area contributed by atoms with Gasteiger partial charge in [0.1, 0.15) is 0 Å². The van der Waals surface area contributed by atoms with E-state index in [2.05, 4.69) is 9.71 Å². The van der Waals surface area contributed by atoms with Crippen LogP contribution in [0.5, 0.6) is 0 Å². The lowest BCUT2D eigenvalue weighted by molar-refractivity contribution is 0.581. The molecule has 0 bridgehead atoms. The predicted molar refractivity (Wildman–Crippen MR) is 75.5 cm³/mol. The highest BCUT2D eigenvalue weighted by atomic mass is 32.2. The summed E-state index contributed by atoms with van der Waals surface area (Å²) in [6.07, 6.45) is 0. The zero-order valence-electron chi connectivity index (χ0n) is 11.3. The van der Waals surface area contributed by atoms with Crippen LogP contribution in [0.2, 0.25) is 0 Å². The Morgan fingerprint density at radius 3 is 2.26 bits per heavy atom. The molecule has 0 saturated carbocycles. The SMILES string of the molecule is Cc1ccc(S(=O)(=O)NCc2cc(C)[nH]c2C)cc1. The lowest BCUT2D eigenvalue weighted by atomic mass is 10.2. The molecule has 0 aliphatic carbocycles. The Bertz CT molecular complexity index is 670. The van der Waals surface area contributed by atoms with Gasteiger partial charge in [-0.15, -0.1) is 0 Å². The van der Waals surface area contributed by atoms with Crippen LogP contribution in [0.15, 0.2) is 35.2 Å². The van der Waals surface area contributed by atoms with Gasteiger partial charge in [-0.2, -0.15) is 0 Å². The molecular formula is C14H18N2O2S. The minimum Gasteiger partial charge on any atom is -0.362 e. The zero-order chi connectivity index (χ0) is 14.0. The van der Waals surface area contributed by atoms with Crippen LogP contribution in [0, 0.1) is 20.8 Å². The number of aryl methyl sites for hydroxylation is 3. The van der Waals surface area contributed by atoms with Crippen molar-refractivity contribution in [1.29, 1.82) is 0 Å². The van der Waals surface area contributed by atoms with E-state index in [0.29, 0.717) is 11.4 Å². The van der Waals surface area contributed by atoms with Gasteiger partial charge in [0, 0.05) is 17.9 Å². The van der Waals surface area contributed by atoms with E-state index in [1.807, 2.05) is 26.8 Å². The summed E-state index contributed by atoms with van der Waals surface area (Å²) < 4.78 is 26.8. The largest absolute Gasteiger partial charge is 0.362 e. The molecular weight excluding hydrogens is 260 g/mol. The number of aromatic nitrogens is 1. The molecule has 0 amide bonds. The predicted octanol–water partition coefficient (Wildman–Crippen LogP) is 2.42. The third kappa shape index (κ3) is 3.24. The maximum absolute atomic E-state index is 12.1. The summed E-state index contributed by atoms with van der Waals surface area (Å²) >= 11 is 0. The first-order valence-corrected chi connectivity index (χ1v) is 7.58. The van der Waals surface area contributed by atoms with Gasteiger partial charge in [-0.3, -0.25) is 0 Å².